The number of rotatable bonds is 3. The number of aromatic nitrogens is 2. The number of carbonyl (C=O) groups is 1. The van der Waals surface area contributed by atoms with Gasteiger partial charge in [-0.1, -0.05) is 0 Å². The van der Waals surface area contributed by atoms with Crippen molar-refractivity contribution in [1.82, 2.24) is 14.9 Å². The smallest absolute Gasteiger partial charge is 0.278 e. The summed E-state index contributed by atoms with van der Waals surface area (Å²) in [6, 6.07) is 0. The minimum Gasteiger partial charge on any atom is -0.477 e. The number of methoxy groups -OCH3 is 1. The summed E-state index contributed by atoms with van der Waals surface area (Å²) in [6.45, 7) is 2.85. The lowest BCUT2D eigenvalue weighted by atomic mass is 10.3. The van der Waals surface area contributed by atoms with Gasteiger partial charge in [0.1, 0.15) is 10.7 Å². The Balaban J connectivity index is 2.04. The topological polar surface area (TPSA) is 64.6 Å². The largest absolute Gasteiger partial charge is 0.477 e. The van der Waals surface area contributed by atoms with Gasteiger partial charge in [0.05, 0.1) is 19.9 Å². The fraction of sp³-hybridized carbons (Fsp3) is 0.545. The first kappa shape index (κ1) is 13.1. The van der Waals surface area contributed by atoms with Crippen molar-refractivity contribution in [3.63, 3.8) is 0 Å². The third kappa shape index (κ3) is 2.90. The maximum atomic E-state index is 11.2. The highest BCUT2D eigenvalue weighted by molar-refractivity contribution is 9.10. The summed E-state index contributed by atoms with van der Waals surface area (Å²) in [4.78, 5) is 21.2. The second kappa shape index (κ2) is 5.51. The second-order valence-corrected chi connectivity index (χ2v) is 4.81. The van der Waals surface area contributed by atoms with Crippen LogP contribution in [0.4, 0.5) is 0 Å². The van der Waals surface area contributed by atoms with E-state index in [4.69, 9.17) is 9.47 Å². The molecule has 1 atom stereocenters. The van der Waals surface area contributed by atoms with Gasteiger partial charge in [-0.15, -0.1) is 0 Å². The van der Waals surface area contributed by atoms with E-state index in [0.717, 1.165) is 6.42 Å². The van der Waals surface area contributed by atoms with Gasteiger partial charge >= 0.3 is 0 Å². The minimum absolute atomic E-state index is 0.0572. The molecule has 1 unspecified atom stereocenters. The molecule has 7 heteroatoms. The normalized spacial score (nSPS) is 18.8. The molecular weight excluding hydrogens is 302 g/mol. The maximum absolute atomic E-state index is 11.2. The summed E-state index contributed by atoms with van der Waals surface area (Å²) < 4.78 is 11.4. The van der Waals surface area contributed by atoms with E-state index in [0.29, 0.717) is 29.5 Å². The molecule has 0 aliphatic carbocycles. The number of nitrogens with zero attached hydrogens (tertiary/aromatic N) is 3. The van der Waals surface area contributed by atoms with Crippen LogP contribution in [-0.2, 0) is 4.79 Å². The molecule has 1 saturated heterocycles. The minimum atomic E-state index is -0.0572. The van der Waals surface area contributed by atoms with Gasteiger partial charge in [-0.25, -0.2) is 4.98 Å². The van der Waals surface area contributed by atoms with Crippen LogP contribution < -0.4 is 9.47 Å². The van der Waals surface area contributed by atoms with Crippen molar-refractivity contribution in [1.29, 1.82) is 0 Å². The van der Waals surface area contributed by atoms with Crippen LogP contribution in [0.15, 0.2) is 10.8 Å². The van der Waals surface area contributed by atoms with Gasteiger partial charge in [-0.3, -0.25) is 4.79 Å². The van der Waals surface area contributed by atoms with E-state index in [1.54, 1.807) is 18.0 Å². The number of likely N-dealkylation sites (tertiary alicyclic amines) is 1. The van der Waals surface area contributed by atoms with Crippen molar-refractivity contribution in [2.45, 2.75) is 19.4 Å². The first-order valence-corrected chi connectivity index (χ1v) is 6.38. The Morgan fingerprint density at radius 2 is 2.33 bits per heavy atom. The molecule has 98 valence electrons. The number of amides is 1. The highest BCUT2D eigenvalue weighted by Gasteiger charge is 2.27. The zero-order chi connectivity index (χ0) is 13.1. The van der Waals surface area contributed by atoms with Gasteiger partial charge in [0.25, 0.3) is 11.8 Å². The van der Waals surface area contributed by atoms with Crippen LogP contribution in [0.2, 0.25) is 0 Å². The molecule has 0 N–H and O–H groups in total. The number of halogens is 1. The molecule has 0 bridgehead atoms. The van der Waals surface area contributed by atoms with Crippen LogP contribution in [0.25, 0.3) is 0 Å². The van der Waals surface area contributed by atoms with E-state index in [9.17, 15) is 4.79 Å². The Kier molecular flexibility index (Phi) is 4.00. The monoisotopic (exact) mass is 315 g/mol. The molecule has 0 saturated carbocycles. The van der Waals surface area contributed by atoms with Crippen LogP contribution in [0, 0.1) is 0 Å². The van der Waals surface area contributed by atoms with E-state index in [1.165, 1.54) is 7.11 Å². The van der Waals surface area contributed by atoms with Gasteiger partial charge in [0.2, 0.25) is 5.91 Å². The molecule has 6 nitrogen and oxygen atoms in total. The van der Waals surface area contributed by atoms with Crippen LogP contribution >= 0.6 is 15.9 Å². The Hall–Kier alpha value is -1.37. The lowest BCUT2D eigenvalue weighted by Crippen LogP contribution is -2.28. The molecule has 0 radical (unpaired) electrons. The van der Waals surface area contributed by atoms with Gasteiger partial charge in [-0.2, -0.15) is 4.98 Å². The molecule has 1 aliphatic rings. The van der Waals surface area contributed by atoms with Gasteiger partial charge in [0, 0.05) is 19.9 Å². The third-order valence-electron chi connectivity index (χ3n) is 2.74. The van der Waals surface area contributed by atoms with Crippen molar-refractivity contribution in [2.24, 2.45) is 0 Å². The van der Waals surface area contributed by atoms with Gasteiger partial charge in [0.15, 0.2) is 0 Å². The molecule has 0 spiro atoms. The van der Waals surface area contributed by atoms with E-state index < -0.39 is 0 Å². The molecular formula is C11H14BrN3O3. The summed E-state index contributed by atoms with van der Waals surface area (Å²) in [5, 5.41) is 0. The lowest BCUT2D eigenvalue weighted by molar-refractivity contribution is -0.128. The fourth-order valence-corrected chi connectivity index (χ4v) is 2.09. The molecule has 1 aromatic rings. The summed E-state index contributed by atoms with van der Waals surface area (Å²) in [7, 11) is 1.51. The maximum Gasteiger partial charge on any atom is 0.278 e. The summed E-state index contributed by atoms with van der Waals surface area (Å²) in [5.41, 5.74) is 0. The van der Waals surface area contributed by atoms with Crippen molar-refractivity contribution >= 4 is 21.8 Å². The summed E-state index contributed by atoms with van der Waals surface area (Å²) in [6.07, 6.45) is 2.29. The van der Waals surface area contributed by atoms with E-state index in [-0.39, 0.29) is 12.0 Å². The quantitative estimate of drug-likeness (QED) is 0.840. The van der Waals surface area contributed by atoms with E-state index in [2.05, 4.69) is 25.9 Å². The number of carbonyl (C=O) groups excluding carboxylic acids is 1. The fourth-order valence-electron chi connectivity index (χ4n) is 1.82. The van der Waals surface area contributed by atoms with Crippen molar-refractivity contribution in [3.05, 3.63) is 10.8 Å². The Morgan fingerprint density at radius 3 is 2.94 bits per heavy atom. The van der Waals surface area contributed by atoms with Gasteiger partial charge < -0.3 is 14.4 Å². The Bertz CT molecular complexity index is 455. The highest BCUT2D eigenvalue weighted by Crippen LogP contribution is 2.26. The number of hydrogen-bond acceptors (Lipinski definition) is 5. The summed E-state index contributed by atoms with van der Waals surface area (Å²) >= 11 is 3.22. The number of ether oxygens (including phenoxy) is 2. The molecule has 1 aromatic heterocycles. The van der Waals surface area contributed by atoms with Crippen LogP contribution in [0.3, 0.4) is 0 Å². The van der Waals surface area contributed by atoms with Crippen LogP contribution in [0.5, 0.6) is 11.8 Å². The first-order chi connectivity index (χ1) is 8.60. The Morgan fingerprint density at radius 1 is 1.56 bits per heavy atom. The third-order valence-corrected chi connectivity index (χ3v) is 3.12. The molecule has 1 aliphatic heterocycles. The molecule has 0 aromatic carbocycles. The Labute approximate surface area is 113 Å². The van der Waals surface area contributed by atoms with E-state index >= 15 is 0 Å². The SMILES string of the molecule is COc1nc(Br)cnc1OC1CCN(C(C)=O)C1. The average Bonchev–Trinajstić information content (AvgIpc) is 2.80. The van der Waals surface area contributed by atoms with Crippen molar-refractivity contribution in [3.8, 4) is 11.8 Å². The molecule has 1 fully saturated rings. The molecule has 2 rings (SSSR count). The number of hydrogen-bond donors (Lipinski definition) is 0. The van der Waals surface area contributed by atoms with Crippen molar-refractivity contribution < 1.29 is 14.3 Å². The second-order valence-electron chi connectivity index (χ2n) is 4.00. The van der Waals surface area contributed by atoms with E-state index in [1.807, 2.05) is 0 Å². The predicted molar refractivity (Wildman–Crippen MR) is 67.6 cm³/mol. The molecule has 1 amide bonds. The molecule has 18 heavy (non-hydrogen) atoms. The van der Waals surface area contributed by atoms with Gasteiger partial charge in [-0.05, 0) is 15.9 Å². The molecule has 2 heterocycles. The highest BCUT2D eigenvalue weighted by atomic mass is 79.9. The predicted octanol–water partition coefficient (Wildman–Crippen LogP) is 1.25. The first-order valence-electron chi connectivity index (χ1n) is 5.59. The lowest BCUT2D eigenvalue weighted by Gasteiger charge is -2.15. The van der Waals surface area contributed by atoms with Crippen LogP contribution in [0.1, 0.15) is 13.3 Å². The zero-order valence-electron chi connectivity index (χ0n) is 10.2. The standard InChI is InChI=1S/C11H14BrN3O3/c1-7(16)15-4-3-8(6-15)18-10-11(17-2)14-9(12)5-13-10/h5,8H,3-4,6H2,1-2H3. The average molecular weight is 316 g/mol. The zero-order valence-corrected chi connectivity index (χ0v) is 11.8. The summed E-state index contributed by atoms with van der Waals surface area (Å²) in [5.74, 6) is 0.761. The van der Waals surface area contributed by atoms with Crippen LogP contribution in [-0.4, -0.2) is 47.1 Å². The van der Waals surface area contributed by atoms with Crippen molar-refractivity contribution in [2.75, 3.05) is 20.2 Å².